The highest BCUT2D eigenvalue weighted by molar-refractivity contribution is 6.14. The lowest BCUT2D eigenvalue weighted by molar-refractivity contribution is -0.142. The van der Waals surface area contributed by atoms with Crippen molar-refractivity contribution in [2.24, 2.45) is 0 Å². The Morgan fingerprint density at radius 2 is 1.76 bits per heavy atom. The molecule has 9 heteroatoms. The molecule has 37 heavy (non-hydrogen) atoms. The number of methoxy groups -OCH3 is 2. The Morgan fingerprint density at radius 1 is 1.00 bits per heavy atom. The number of hydrogen-bond acceptors (Lipinski definition) is 7. The van der Waals surface area contributed by atoms with Gasteiger partial charge in [0.25, 0.3) is 5.91 Å². The fourth-order valence-corrected chi connectivity index (χ4v) is 3.77. The van der Waals surface area contributed by atoms with E-state index in [2.05, 4.69) is 5.32 Å². The maximum absolute atomic E-state index is 12.8. The molecule has 1 amide bonds. The van der Waals surface area contributed by atoms with Gasteiger partial charge in [0.05, 0.1) is 19.8 Å². The summed E-state index contributed by atoms with van der Waals surface area (Å²) in [5, 5.41) is 11.9. The van der Waals surface area contributed by atoms with Crippen molar-refractivity contribution in [2.45, 2.75) is 12.5 Å². The molecule has 0 aliphatic carbocycles. The molecule has 1 atom stereocenters. The molecule has 190 valence electrons. The monoisotopic (exact) mass is 503 g/mol. The molecule has 1 aliphatic heterocycles. The predicted molar refractivity (Wildman–Crippen MR) is 134 cm³/mol. The van der Waals surface area contributed by atoms with Crippen LogP contribution in [0.4, 0.5) is 0 Å². The Balaban J connectivity index is 1.40. The van der Waals surface area contributed by atoms with Crippen LogP contribution in [0.2, 0.25) is 0 Å². The summed E-state index contributed by atoms with van der Waals surface area (Å²) in [6.45, 7) is -0.406. The molecule has 0 aromatic heterocycles. The Labute approximate surface area is 213 Å². The molecule has 0 spiro atoms. The van der Waals surface area contributed by atoms with E-state index in [9.17, 15) is 19.5 Å². The number of fused-ring (bicyclic) bond motifs is 1. The highest BCUT2D eigenvalue weighted by Gasteiger charge is 2.28. The summed E-state index contributed by atoms with van der Waals surface area (Å²) < 4.78 is 21.8. The third kappa shape index (κ3) is 6.07. The number of ether oxygens (including phenoxy) is 4. The number of allylic oxidation sites excluding steroid dienone is 1. The Hall–Kier alpha value is -4.79. The number of carbonyl (C=O) groups is 3. The SMILES string of the molecule is COc1ccc(/C=C2/Oc3cc(OCC(=O)N[C@@H](Cc4ccccc4)C(=O)O)ccc3C2=O)c(OC)c1. The smallest absolute Gasteiger partial charge is 0.326 e. The first-order valence-corrected chi connectivity index (χ1v) is 11.4. The standard InChI is InChI=1S/C28H25NO8/c1-34-19-9-8-18(23(14-19)35-2)13-25-27(31)21-11-10-20(15-24(21)37-25)36-16-26(30)29-22(28(32)33)12-17-6-4-3-5-7-17/h3-11,13-15,22H,12,16H2,1-2H3,(H,29,30)(H,32,33)/b25-13+/t22-/m0/s1. The summed E-state index contributed by atoms with van der Waals surface area (Å²) in [4.78, 5) is 36.8. The topological polar surface area (TPSA) is 120 Å². The minimum Gasteiger partial charge on any atom is -0.497 e. The summed E-state index contributed by atoms with van der Waals surface area (Å²) in [5.41, 5.74) is 1.77. The fourth-order valence-electron chi connectivity index (χ4n) is 3.77. The highest BCUT2D eigenvalue weighted by atomic mass is 16.5. The summed E-state index contributed by atoms with van der Waals surface area (Å²) >= 11 is 0. The minimum absolute atomic E-state index is 0.110. The average molecular weight is 504 g/mol. The van der Waals surface area contributed by atoms with Gasteiger partial charge in [0.1, 0.15) is 29.0 Å². The molecule has 4 rings (SSSR count). The first-order valence-electron chi connectivity index (χ1n) is 11.4. The minimum atomic E-state index is -1.14. The quantitative estimate of drug-likeness (QED) is 0.404. The van der Waals surface area contributed by atoms with E-state index in [0.717, 1.165) is 5.56 Å². The van der Waals surface area contributed by atoms with E-state index in [1.54, 1.807) is 67.8 Å². The van der Waals surface area contributed by atoms with Gasteiger partial charge in [0.15, 0.2) is 12.4 Å². The number of amides is 1. The van der Waals surface area contributed by atoms with E-state index in [0.29, 0.717) is 28.4 Å². The lowest BCUT2D eigenvalue weighted by Crippen LogP contribution is -2.44. The molecule has 3 aromatic rings. The van der Waals surface area contributed by atoms with Crippen molar-refractivity contribution in [3.63, 3.8) is 0 Å². The first-order chi connectivity index (χ1) is 17.9. The second kappa shape index (κ2) is 11.3. The molecule has 1 heterocycles. The maximum Gasteiger partial charge on any atom is 0.326 e. The molecule has 2 N–H and O–H groups in total. The Morgan fingerprint density at radius 3 is 2.46 bits per heavy atom. The van der Waals surface area contributed by atoms with Crippen LogP contribution in [0.3, 0.4) is 0 Å². The van der Waals surface area contributed by atoms with Crippen molar-refractivity contribution >= 4 is 23.7 Å². The number of Topliss-reactive ketones (excluding diaryl/α,β-unsaturated/α-hetero) is 1. The molecule has 0 bridgehead atoms. The van der Waals surface area contributed by atoms with Crippen LogP contribution in [0.1, 0.15) is 21.5 Å². The number of ketones is 1. The van der Waals surface area contributed by atoms with Gasteiger partial charge < -0.3 is 29.4 Å². The molecular weight excluding hydrogens is 478 g/mol. The summed E-state index contributed by atoms with van der Waals surface area (Å²) in [7, 11) is 3.06. The predicted octanol–water partition coefficient (Wildman–Crippen LogP) is 3.51. The van der Waals surface area contributed by atoms with Crippen molar-refractivity contribution in [1.82, 2.24) is 5.32 Å². The van der Waals surface area contributed by atoms with Crippen LogP contribution in [0.15, 0.2) is 72.5 Å². The van der Waals surface area contributed by atoms with Gasteiger partial charge in [-0.1, -0.05) is 30.3 Å². The number of rotatable bonds is 10. The summed E-state index contributed by atoms with van der Waals surface area (Å²) in [6.07, 6.45) is 1.72. The van der Waals surface area contributed by atoms with Crippen LogP contribution in [0.5, 0.6) is 23.0 Å². The van der Waals surface area contributed by atoms with Crippen LogP contribution >= 0.6 is 0 Å². The zero-order chi connectivity index (χ0) is 26.4. The van der Waals surface area contributed by atoms with Gasteiger partial charge in [-0.3, -0.25) is 9.59 Å². The molecule has 0 saturated carbocycles. The van der Waals surface area contributed by atoms with Crippen LogP contribution in [0, 0.1) is 0 Å². The number of benzene rings is 3. The zero-order valence-electron chi connectivity index (χ0n) is 20.2. The number of hydrogen-bond donors (Lipinski definition) is 2. The van der Waals surface area contributed by atoms with Crippen LogP contribution in [-0.2, 0) is 16.0 Å². The van der Waals surface area contributed by atoms with E-state index < -0.39 is 24.5 Å². The van der Waals surface area contributed by atoms with Crippen LogP contribution in [-0.4, -0.2) is 49.6 Å². The number of carboxylic acids is 1. The molecule has 9 nitrogen and oxygen atoms in total. The number of aliphatic carboxylic acids is 1. The Bertz CT molecular complexity index is 1350. The van der Waals surface area contributed by atoms with E-state index in [1.165, 1.54) is 13.2 Å². The van der Waals surface area contributed by atoms with Gasteiger partial charge >= 0.3 is 5.97 Å². The highest BCUT2D eigenvalue weighted by Crippen LogP contribution is 2.36. The van der Waals surface area contributed by atoms with Crippen molar-refractivity contribution in [2.75, 3.05) is 20.8 Å². The lowest BCUT2D eigenvalue weighted by Gasteiger charge is -2.15. The Kier molecular flexibility index (Phi) is 7.73. The van der Waals surface area contributed by atoms with Crippen molar-refractivity contribution in [3.05, 3.63) is 89.2 Å². The van der Waals surface area contributed by atoms with Gasteiger partial charge in [-0.05, 0) is 35.9 Å². The zero-order valence-corrected chi connectivity index (χ0v) is 20.2. The second-order valence-corrected chi connectivity index (χ2v) is 8.14. The van der Waals surface area contributed by atoms with Crippen molar-refractivity contribution < 1.29 is 38.4 Å². The van der Waals surface area contributed by atoms with Crippen LogP contribution < -0.4 is 24.3 Å². The normalized spacial score (nSPS) is 13.9. The van der Waals surface area contributed by atoms with Gasteiger partial charge in [-0.2, -0.15) is 0 Å². The molecule has 0 radical (unpaired) electrons. The van der Waals surface area contributed by atoms with E-state index >= 15 is 0 Å². The average Bonchev–Trinajstić information content (AvgIpc) is 3.22. The lowest BCUT2D eigenvalue weighted by atomic mass is 10.1. The van der Waals surface area contributed by atoms with Gasteiger partial charge in [0, 0.05) is 24.1 Å². The number of carboxylic acid groups (broad SMARTS) is 1. The van der Waals surface area contributed by atoms with Crippen molar-refractivity contribution in [3.8, 4) is 23.0 Å². The molecule has 0 saturated heterocycles. The molecule has 3 aromatic carbocycles. The second-order valence-electron chi connectivity index (χ2n) is 8.14. The fraction of sp³-hybridized carbons (Fsp3) is 0.179. The largest absolute Gasteiger partial charge is 0.497 e. The summed E-state index contributed by atoms with van der Waals surface area (Å²) in [6, 6.07) is 17.7. The van der Waals surface area contributed by atoms with E-state index in [4.69, 9.17) is 18.9 Å². The molecule has 0 unspecified atom stereocenters. The third-order valence-corrected chi connectivity index (χ3v) is 5.65. The molecular formula is C28H25NO8. The van der Waals surface area contributed by atoms with Crippen molar-refractivity contribution in [1.29, 1.82) is 0 Å². The third-order valence-electron chi connectivity index (χ3n) is 5.65. The van der Waals surface area contributed by atoms with Gasteiger partial charge in [-0.15, -0.1) is 0 Å². The molecule has 1 aliphatic rings. The van der Waals surface area contributed by atoms with E-state index in [1.807, 2.05) is 6.07 Å². The van der Waals surface area contributed by atoms with E-state index in [-0.39, 0.29) is 23.7 Å². The molecule has 0 fully saturated rings. The number of nitrogens with one attached hydrogen (secondary N) is 1. The maximum atomic E-state index is 12.8. The van der Waals surface area contributed by atoms with Gasteiger partial charge in [-0.25, -0.2) is 4.79 Å². The number of carbonyl (C=O) groups excluding carboxylic acids is 2. The van der Waals surface area contributed by atoms with Crippen LogP contribution in [0.25, 0.3) is 6.08 Å². The summed E-state index contributed by atoms with van der Waals surface area (Å²) in [5.74, 6) is -0.222. The first kappa shape index (κ1) is 25.3. The van der Waals surface area contributed by atoms with Gasteiger partial charge in [0.2, 0.25) is 5.78 Å².